The standard InChI is InChI=1S/C15H25N5O/c1-2-8-19(12-16-7-1)14-5-3-9-20(18-11-14)15-6-4-10-21-13-17-15/h11-15H,1-10H2. The third-order valence-electron chi connectivity index (χ3n) is 4.26. The van der Waals surface area contributed by atoms with Crippen LogP contribution in [0.5, 0.6) is 0 Å². The van der Waals surface area contributed by atoms with Gasteiger partial charge in [0.1, 0.15) is 6.17 Å². The fraction of sp³-hybridized carbons (Fsp3) is 0.800. The van der Waals surface area contributed by atoms with E-state index in [0.717, 1.165) is 51.9 Å². The first-order chi connectivity index (χ1) is 10.4. The molecule has 0 saturated carbocycles. The molecule has 116 valence electrons. The van der Waals surface area contributed by atoms with Crippen molar-refractivity contribution >= 4 is 19.0 Å². The van der Waals surface area contributed by atoms with Gasteiger partial charge in [-0.05, 0) is 38.5 Å². The first-order valence-electron chi connectivity index (χ1n) is 8.13. The number of rotatable bonds is 2. The van der Waals surface area contributed by atoms with Crippen molar-refractivity contribution in [3.05, 3.63) is 0 Å². The minimum Gasteiger partial charge on any atom is -0.483 e. The Morgan fingerprint density at radius 1 is 1.05 bits per heavy atom. The van der Waals surface area contributed by atoms with E-state index in [0.29, 0.717) is 6.04 Å². The summed E-state index contributed by atoms with van der Waals surface area (Å²) in [5, 5.41) is 6.84. The minimum atomic E-state index is 0.139. The number of aliphatic imine (C=N–C) groups is 2. The predicted molar refractivity (Wildman–Crippen MR) is 85.0 cm³/mol. The summed E-state index contributed by atoms with van der Waals surface area (Å²) < 4.78 is 5.28. The van der Waals surface area contributed by atoms with Crippen molar-refractivity contribution in [2.45, 2.75) is 50.7 Å². The molecule has 6 nitrogen and oxygen atoms in total. The van der Waals surface area contributed by atoms with E-state index in [1.165, 1.54) is 12.8 Å². The Hall–Kier alpha value is -1.59. The third kappa shape index (κ3) is 3.95. The Bertz CT molecular complexity index is 373. The zero-order valence-electron chi connectivity index (χ0n) is 12.6. The lowest BCUT2D eigenvalue weighted by Crippen LogP contribution is -2.35. The number of hydrazone groups is 1. The van der Waals surface area contributed by atoms with Gasteiger partial charge < -0.3 is 9.64 Å². The van der Waals surface area contributed by atoms with Gasteiger partial charge in [-0.3, -0.25) is 10.0 Å². The van der Waals surface area contributed by atoms with Gasteiger partial charge in [0.05, 0.1) is 19.0 Å². The van der Waals surface area contributed by atoms with Crippen molar-refractivity contribution in [2.24, 2.45) is 15.1 Å². The molecule has 0 aromatic carbocycles. The highest BCUT2D eigenvalue weighted by Crippen LogP contribution is 2.17. The van der Waals surface area contributed by atoms with E-state index >= 15 is 0 Å². The highest BCUT2D eigenvalue weighted by Gasteiger charge is 2.22. The van der Waals surface area contributed by atoms with Crippen LogP contribution in [0.1, 0.15) is 38.5 Å². The van der Waals surface area contributed by atoms with Gasteiger partial charge in [-0.25, -0.2) is 4.99 Å². The number of hydrogen-bond donors (Lipinski definition) is 0. The molecular formula is C15H25N5O. The van der Waals surface area contributed by atoms with Gasteiger partial charge in [-0.2, -0.15) is 5.10 Å². The average Bonchev–Trinajstić information content (AvgIpc) is 3.01. The van der Waals surface area contributed by atoms with Gasteiger partial charge in [0.25, 0.3) is 0 Å². The van der Waals surface area contributed by atoms with E-state index in [9.17, 15) is 0 Å². The van der Waals surface area contributed by atoms with Crippen molar-refractivity contribution in [3.63, 3.8) is 0 Å². The van der Waals surface area contributed by atoms with Gasteiger partial charge >= 0.3 is 0 Å². The summed E-state index contributed by atoms with van der Waals surface area (Å²) in [5.41, 5.74) is 0. The van der Waals surface area contributed by atoms with Crippen LogP contribution in [0.4, 0.5) is 0 Å². The molecule has 3 heterocycles. The van der Waals surface area contributed by atoms with E-state index < -0.39 is 0 Å². The largest absolute Gasteiger partial charge is 0.483 e. The van der Waals surface area contributed by atoms with Gasteiger partial charge in [-0.1, -0.05) is 0 Å². The lowest BCUT2D eigenvalue weighted by molar-refractivity contribution is 0.200. The maximum atomic E-state index is 5.28. The van der Waals surface area contributed by atoms with Crippen LogP contribution in [-0.2, 0) is 4.74 Å². The fourth-order valence-corrected chi connectivity index (χ4v) is 3.02. The number of ether oxygens (including phenoxy) is 1. The van der Waals surface area contributed by atoms with Gasteiger partial charge in [0.15, 0.2) is 6.40 Å². The first-order valence-corrected chi connectivity index (χ1v) is 8.13. The Kier molecular flexibility index (Phi) is 5.08. The molecule has 0 amide bonds. The summed E-state index contributed by atoms with van der Waals surface area (Å²) in [7, 11) is 0. The van der Waals surface area contributed by atoms with Gasteiger partial charge in [0.2, 0.25) is 0 Å². The fourth-order valence-electron chi connectivity index (χ4n) is 3.02. The maximum absolute atomic E-state index is 5.28. The molecule has 0 saturated heterocycles. The molecule has 0 spiro atoms. The summed E-state index contributed by atoms with van der Waals surface area (Å²) in [4.78, 5) is 11.3. The van der Waals surface area contributed by atoms with Crippen LogP contribution in [-0.4, -0.2) is 67.3 Å². The zero-order valence-corrected chi connectivity index (χ0v) is 12.6. The van der Waals surface area contributed by atoms with Crippen LogP contribution in [0, 0.1) is 0 Å². The summed E-state index contributed by atoms with van der Waals surface area (Å²) in [6.07, 6.45) is 12.6. The quantitative estimate of drug-likeness (QED) is 0.778. The Morgan fingerprint density at radius 2 is 2.05 bits per heavy atom. The summed E-state index contributed by atoms with van der Waals surface area (Å²) in [5.74, 6) is 0. The van der Waals surface area contributed by atoms with E-state index in [1.54, 1.807) is 6.40 Å². The van der Waals surface area contributed by atoms with Crippen molar-refractivity contribution in [2.75, 3.05) is 26.2 Å². The van der Waals surface area contributed by atoms with E-state index in [2.05, 4.69) is 26.1 Å². The van der Waals surface area contributed by atoms with Gasteiger partial charge in [-0.15, -0.1) is 0 Å². The summed E-state index contributed by atoms with van der Waals surface area (Å²) >= 11 is 0. The normalized spacial score (nSPS) is 30.5. The molecule has 6 heteroatoms. The molecule has 3 aliphatic rings. The topological polar surface area (TPSA) is 52.8 Å². The van der Waals surface area contributed by atoms with Crippen molar-refractivity contribution < 1.29 is 4.74 Å². The Labute approximate surface area is 126 Å². The minimum absolute atomic E-state index is 0.139. The first kappa shape index (κ1) is 14.4. The molecule has 0 bridgehead atoms. The van der Waals surface area contributed by atoms with Crippen LogP contribution in [0.15, 0.2) is 15.1 Å². The SMILES string of the molecule is C1=NCCCCN1C1C=NN(C2CCCOC=N2)CCC1. The molecule has 0 fully saturated rings. The van der Waals surface area contributed by atoms with Crippen molar-refractivity contribution in [3.8, 4) is 0 Å². The monoisotopic (exact) mass is 291 g/mol. The Balaban J connectivity index is 1.63. The average molecular weight is 291 g/mol. The number of hydrogen-bond acceptors (Lipinski definition) is 6. The van der Waals surface area contributed by atoms with Crippen molar-refractivity contribution in [1.82, 2.24) is 9.91 Å². The van der Waals surface area contributed by atoms with Crippen LogP contribution in [0.3, 0.4) is 0 Å². The van der Waals surface area contributed by atoms with Crippen LogP contribution < -0.4 is 0 Å². The highest BCUT2D eigenvalue weighted by atomic mass is 16.5. The molecule has 2 unspecified atom stereocenters. The second-order valence-electron chi connectivity index (χ2n) is 5.85. The smallest absolute Gasteiger partial charge is 0.171 e. The molecule has 3 aliphatic heterocycles. The lowest BCUT2D eigenvalue weighted by Gasteiger charge is -2.25. The van der Waals surface area contributed by atoms with Gasteiger partial charge in [0, 0.05) is 25.8 Å². The molecule has 0 N–H and O–H groups in total. The van der Waals surface area contributed by atoms with Crippen LogP contribution in [0.2, 0.25) is 0 Å². The molecule has 2 atom stereocenters. The van der Waals surface area contributed by atoms with Crippen LogP contribution >= 0.6 is 0 Å². The second-order valence-corrected chi connectivity index (χ2v) is 5.85. The molecule has 3 rings (SSSR count). The molecule has 21 heavy (non-hydrogen) atoms. The maximum Gasteiger partial charge on any atom is 0.171 e. The molecular weight excluding hydrogens is 266 g/mol. The summed E-state index contributed by atoms with van der Waals surface area (Å²) in [6, 6.07) is 0.378. The highest BCUT2D eigenvalue weighted by molar-refractivity contribution is 5.70. The second kappa shape index (κ2) is 7.43. The van der Waals surface area contributed by atoms with Crippen LogP contribution in [0.25, 0.3) is 0 Å². The van der Waals surface area contributed by atoms with Crippen molar-refractivity contribution in [1.29, 1.82) is 0 Å². The molecule has 0 aromatic heterocycles. The summed E-state index contributed by atoms with van der Waals surface area (Å²) in [6.45, 7) is 3.79. The molecule has 0 aromatic rings. The van der Waals surface area contributed by atoms with E-state index in [-0.39, 0.29) is 6.17 Å². The Morgan fingerprint density at radius 3 is 3.05 bits per heavy atom. The third-order valence-corrected chi connectivity index (χ3v) is 4.26. The predicted octanol–water partition coefficient (Wildman–Crippen LogP) is 1.73. The zero-order chi connectivity index (χ0) is 14.3. The molecule has 0 aliphatic carbocycles. The number of nitrogens with zero attached hydrogens (tertiary/aromatic N) is 5. The lowest BCUT2D eigenvalue weighted by atomic mass is 10.1. The molecule has 0 radical (unpaired) electrons. The van der Waals surface area contributed by atoms with E-state index in [1.807, 2.05) is 6.34 Å². The van der Waals surface area contributed by atoms with E-state index in [4.69, 9.17) is 9.84 Å².